The molecular weight excluding hydrogens is 541 g/mol. The van der Waals surface area contributed by atoms with Crippen LogP contribution in [-0.2, 0) is 26.2 Å². The third-order valence-electron chi connectivity index (χ3n) is 6.08. The number of hydrogen-bond acceptors (Lipinski definition) is 7. The number of hydrogen-bond donors (Lipinski definition) is 1. The molecule has 1 heterocycles. The maximum Gasteiger partial charge on any atom is 0.342 e. The topological polar surface area (TPSA) is 142 Å². The first-order valence-electron chi connectivity index (χ1n) is 12.1. The Labute approximate surface area is 231 Å². The number of carbonyl (C=O) groups excluding carboxylic acids is 1. The number of aryl methyl sites for hydroxylation is 2. The van der Waals surface area contributed by atoms with Gasteiger partial charge in [-0.3, -0.25) is 9.35 Å². The first-order valence-corrected chi connectivity index (χ1v) is 13.5. The summed E-state index contributed by atoms with van der Waals surface area (Å²) in [5, 5.41) is 11.0. The molecule has 0 fully saturated rings. The van der Waals surface area contributed by atoms with Crippen LogP contribution in [0, 0.1) is 29.8 Å². The van der Waals surface area contributed by atoms with E-state index in [1.807, 2.05) is 30.3 Å². The van der Waals surface area contributed by atoms with Crippen LogP contribution in [0.1, 0.15) is 29.8 Å². The molecule has 0 saturated carbocycles. The highest BCUT2D eigenvalue weighted by Gasteiger charge is 2.21. The zero-order valence-corrected chi connectivity index (χ0v) is 22.8. The number of halogens is 1. The van der Waals surface area contributed by atoms with Crippen LogP contribution in [0.15, 0.2) is 83.9 Å². The zero-order chi connectivity index (χ0) is 29.4. The van der Waals surface area contributed by atoms with Gasteiger partial charge in [0.1, 0.15) is 25.2 Å². The molecule has 0 aliphatic heterocycles. The molecule has 10 nitrogen and oxygen atoms in total. The average Bonchev–Trinajstić information content (AvgIpc) is 3.29. The number of nitrogens with zero attached hydrogens (tertiary/aromatic N) is 3. The van der Waals surface area contributed by atoms with Gasteiger partial charge in [-0.15, -0.1) is 0 Å². The lowest BCUT2D eigenvalue weighted by Crippen LogP contribution is -2.17. The van der Waals surface area contributed by atoms with Gasteiger partial charge in [-0.2, -0.15) is 8.42 Å². The minimum Gasteiger partial charge on any atom is -0.461 e. The molecule has 1 atom stereocenters. The van der Waals surface area contributed by atoms with E-state index in [2.05, 4.69) is 4.98 Å². The number of nitro groups is 1. The van der Waals surface area contributed by atoms with E-state index in [9.17, 15) is 27.7 Å². The van der Waals surface area contributed by atoms with Gasteiger partial charge in [0.2, 0.25) is 0 Å². The molecule has 0 aliphatic carbocycles. The van der Waals surface area contributed by atoms with Gasteiger partial charge in [0.15, 0.2) is 5.82 Å². The average molecular weight is 570 g/mol. The van der Waals surface area contributed by atoms with Crippen molar-refractivity contribution in [2.45, 2.75) is 38.1 Å². The van der Waals surface area contributed by atoms with E-state index in [1.165, 1.54) is 16.7 Å². The highest BCUT2D eigenvalue weighted by molar-refractivity contribution is 7.85. The van der Waals surface area contributed by atoms with Crippen molar-refractivity contribution < 1.29 is 31.8 Å². The van der Waals surface area contributed by atoms with E-state index in [4.69, 9.17) is 9.29 Å². The van der Waals surface area contributed by atoms with E-state index in [-0.39, 0.29) is 23.9 Å². The summed E-state index contributed by atoms with van der Waals surface area (Å²) in [6, 6.07) is 20.1. The second kappa shape index (κ2) is 13.1. The van der Waals surface area contributed by atoms with Gasteiger partial charge in [0.05, 0.1) is 10.8 Å². The molecule has 0 unspecified atom stereocenters. The molecule has 0 spiro atoms. The Morgan fingerprint density at radius 2 is 1.75 bits per heavy atom. The van der Waals surface area contributed by atoms with Crippen molar-refractivity contribution in [3.8, 4) is 11.1 Å². The minimum absolute atomic E-state index is 0.0278. The van der Waals surface area contributed by atoms with Crippen molar-refractivity contribution in [1.29, 1.82) is 0 Å². The molecule has 1 N–H and O–H groups in total. The van der Waals surface area contributed by atoms with Gasteiger partial charge in [0, 0.05) is 12.5 Å². The van der Waals surface area contributed by atoms with Gasteiger partial charge in [0.25, 0.3) is 10.1 Å². The van der Waals surface area contributed by atoms with E-state index in [0.29, 0.717) is 22.5 Å². The second-order valence-electron chi connectivity index (χ2n) is 8.81. The molecule has 210 valence electrons. The SMILES string of the molecule is Cc1ccccc1S(=O)(=O)O.Cc1ncc([N+](=O)[O-])n1CCOC(=O)[C@@H](C)c1ccc(-c2ccccc2)c(F)c1. The molecule has 0 saturated heterocycles. The quantitative estimate of drug-likeness (QED) is 0.127. The van der Waals surface area contributed by atoms with Gasteiger partial charge in [-0.05, 0) is 47.6 Å². The fourth-order valence-electron chi connectivity index (χ4n) is 3.88. The Hall–Kier alpha value is -4.42. The maximum absolute atomic E-state index is 14.5. The summed E-state index contributed by atoms with van der Waals surface area (Å²) in [6.45, 7) is 4.95. The highest BCUT2D eigenvalue weighted by atomic mass is 32.2. The molecular formula is C28H28FN3O7S. The van der Waals surface area contributed by atoms with Crippen molar-refractivity contribution in [3.05, 3.63) is 112 Å². The molecule has 0 amide bonds. The monoisotopic (exact) mass is 569 g/mol. The second-order valence-corrected chi connectivity index (χ2v) is 10.2. The molecule has 3 aromatic carbocycles. The zero-order valence-electron chi connectivity index (χ0n) is 22.0. The van der Waals surface area contributed by atoms with Gasteiger partial charge in [-0.25, -0.2) is 13.9 Å². The molecule has 4 aromatic rings. The number of carbonyl (C=O) groups is 1. The molecule has 0 radical (unpaired) electrons. The predicted octanol–water partition coefficient (Wildman–Crippen LogP) is 5.49. The summed E-state index contributed by atoms with van der Waals surface area (Å²) in [4.78, 5) is 26.7. The molecule has 12 heteroatoms. The Morgan fingerprint density at radius 3 is 2.33 bits per heavy atom. The first-order chi connectivity index (χ1) is 18.9. The normalized spacial score (nSPS) is 11.7. The Morgan fingerprint density at radius 1 is 1.10 bits per heavy atom. The summed E-state index contributed by atoms with van der Waals surface area (Å²) in [5.41, 5.74) is 2.26. The maximum atomic E-state index is 14.5. The molecule has 40 heavy (non-hydrogen) atoms. The minimum atomic E-state index is -4.03. The third kappa shape index (κ3) is 7.58. The van der Waals surface area contributed by atoms with Crippen LogP contribution in [0.25, 0.3) is 11.1 Å². The van der Waals surface area contributed by atoms with E-state index < -0.39 is 32.7 Å². The van der Waals surface area contributed by atoms with Crippen LogP contribution >= 0.6 is 0 Å². The van der Waals surface area contributed by atoms with E-state index in [0.717, 1.165) is 11.8 Å². The Kier molecular flexibility index (Phi) is 9.86. The number of aromatic nitrogens is 2. The molecule has 1 aromatic heterocycles. The fraction of sp³-hybridized carbons (Fsp3) is 0.214. The number of ether oxygens (including phenoxy) is 1. The van der Waals surface area contributed by atoms with Gasteiger partial charge >= 0.3 is 11.8 Å². The van der Waals surface area contributed by atoms with E-state index >= 15 is 0 Å². The molecule has 0 aliphatic rings. The fourth-order valence-corrected chi connectivity index (χ4v) is 4.60. The number of imidazole rings is 1. The Bertz CT molecular complexity index is 1610. The number of esters is 1. The first kappa shape index (κ1) is 30.1. The van der Waals surface area contributed by atoms with Gasteiger partial charge in [-0.1, -0.05) is 60.7 Å². The predicted molar refractivity (Wildman–Crippen MR) is 146 cm³/mol. The van der Waals surface area contributed by atoms with Crippen LogP contribution in [0.4, 0.5) is 10.2 Å². The summed E-state index contributed by atoms with van der Waals surface area (Å²) >= 11 is 0. The lowest BCUT2D eigenvalue weighted by Gasteiger charge is -2.13. The summed E-state index contributed by atoms with van der Waals surface area (Å²) in [5.74, 6) is -1.33. The van der Waals surface area contributed by atoms with Crippen molar-refractivity contribution in [1.82, 2.24) is 9.55 Å². The van der Waals surface area contributed by atoms with E-state index in [1.54, 1.807) is 51.1 Å². The van der Waals surface area contributed by atoms with Crippen LogP contribution in [0.3, 0.4) is 0 Å². The van der Waals surface area contributed by atoms with Crippen molar-refractivity contribution in [2.24, 2.45) is 0 Å². The Balaban J connectivity index is 0.000000336. The van der Waals surface area contributed by atoms with Gasteiger partial charge < -0.3 is 14.9 Å². The summed E-state index contributed by atoms with van der Waals surface area (Å²) < 4.78 is 51.0. The van der Waals surface area contributed by atoms with Crippen LogP contribution < -0.4 is 0 Å². The lowest BCUT2D eigenvalue weighted by atomic mass is 9.97. The van der Waals surface area contributed by atoms with Crippen molar-refractivity contribution >= 4 is 21.9 Å². The molecule has 4 rings (SSSR count). The lowest BCUT2D eigenvalue weighted by molar-refractivity contribution is -0.392. The number of benzene rings is 3. The standard InChI is InChI=1S/C21H20FN3O4.C7H8O3S/c1-14(17-8-9-18(19(22)12-17)16-6-4-3-5-7-16)21(26)29-11-10-24-15(2)23-13-20(24)25(27)28;1-6-4-2-3-5-7(6)11(8,9)10/h3-9,12-14H,10-11H2,1-2H3;2-5H,1H3,(H,8,9,10)/t14-;/m0./s1. The number of rotatable bonds is 8. The van der Waals surface area contributed by atoms with Crippen LogP contribution in [0.5, 0.6) is 0 Å². The van der Waals surface area contributed by atoms with Crippen LogP contribution in [0.2, 0.25) is 0 Å². The highest BCUT2D eigenvalue weighted by Crippen LogP contribution is 2.27. The smallest absolute Gasteiger partial charge is 0.342 e. The van der Waals surface area contributed by atoms with Crippen molar-refractivity contribution in [2.75, 3.05) is 6.61 Å². The molecule has 0 bridgehead atoms. The van der Waals surface area contributed by atoms with Crippen molar-refractivity contribution in [3.63, 3.8) is 0 Å². The summed E-state index contributed by atoms with van der Waals surface area (Å²) in [6.07, 6.45) is 1.16. The summed E-state index contributed by atoms with van der Waals surface area (Å²) in [7, 11) is -4.03. The largest absolute Gasteiger partial charge is 0.461 e. The third-order valence-corrected chi connectivity index (χ3v) is 7.10. The van der Waals surface area contributed by atoms with Crippen LogP contribution in [-0.4, -0.2) is 40.0 Å².